The van der Waals surface area contributed by atoms with E-state index in [9.17, 15) is 0 Å². The van der Waals surface area contributed by atoms with Crippen LogP contribution < -0.4 is 4.74 Å². The van der Waals surface area contributed by atoms with Crippen molar-refractivity contribution in [3.8, 4) is 5.75 Å². The highest BCUT2D eigenvalue weighted by Crippen LogP contribution is 2.12. The van der Waals surface area contributed by atoms with Gasteiger partial charge in [0, 0.05) is 0 Å². The van der Waals surface area contributed by atoms with Gasteiger partial charge in [0.1, 0.15) is 5.75 Å². The van der Waals surface area contributed by atoms with Gasteiger partial charge in [-0.1, -0.05) is 42.5 Å². The predicted molar refractivity (Wildman–Crippen MR) is 80.4 cm³/mol. The molecule has 19 heavy (non-hydrogen) atoms. The maximum absolute atomic E-state index is 5.67. The van der Waals surface area contributed by atoms with Crippen LogP contribution in [0.1, 0.15) is 30.4 Å². The van der Waals surface area contributed by atoms with Gasteiger partial charge in [0.05, 0.1) is 6.61 Å². The van der Waals surface area contributed by atoms with Crippen LogP contribution >= 0.6 is 0 Å². The van der Waals surface area contributed by atoms with Gasteiger partial charge in [0.2, 0.25) is 0 Å². The number of hydrogen-bond donors (Lipinski definition) is 0. The van der Waals surface area contributed by atoms with E-state index >= 15 is 0 Å². The summed E-state index contributed by atoms with van der Waals surface area (Å²) in [6, 6.07) is 18.4. The molecule has 1 nitrogen and oxygen atoms in total. The van der Waals surface area contributed by atoms with Crippen molar-refractivity contribution in [3.05, 3.63) is 72.6 Å². The summed E-state index contributed by atoms with van der Waals surface area (Å²) in [5, 5.41) is 0. The molecule has 99 valence electrons. The summed E-state index contributed by atoms with van der Waals surface area (Å²) in [5.41, 5.74) is 2.52. The molecule has 0 heterocycles. The molecule has 0 N–H and O–H groups in total. The van der Waals surface area contributed by atoms with Crippen molar-refractivity contribution in [2.75, 3.05) is 6.61 Å². The monoisotopic (exact) mass is 253 g/mol. The van der Waals surface area contributed by atoms with Gasteiger partial charge in [-0.05, 0) is 55.9 Å². The van der Waals surface area contributed by atoms with Crippen LogP contribution in [-0.2, 0) is 6.42 Å². The number of unbranched alkanes of at least 4 members (excludes halogenated alkanes) is 2. The third kappa shape index (κ3) is 4.78. The number of aryl methyl sites for hydroxylation is 1. The Labute approximate surface area is 116 Å². The topological polar surface area (TPSA) is 9.23 Å². The lowest BCUT2D eigenvalue weighted by atomic mass is 10.0. The SMILES string of the molecule is [CH2]c1ccccc1CCCCCOc1ccccc1. The highest BCUT2D eigenvalue weighted by Gasteiger charge is 1.97. The number of para-hydroxylation sites is 1. The molecule has 0 unspecified atom stereocenters. The van der Waals surface area contributed by atoms with Crippen LogP contribution in [0.2, 0.25) is 0 Å². The van der Waals surface area contributed by atoms with Crippen LogP contribution in [0, 0.1) is 6.92 Å². The van der Waals surface area contributed by atoms with Crippen LogP contribution in [-0.4, -0.2) is 6.61 Å². The van der Waals surface area contributed by atoms with Crippen LogP contribution in [0.15, 0.2) is 54.6 Å². The van der Waals surface area contributed by atoms with Crippen molar-refractivity contribution >= 4 is 0 Å². The summed E-state index contributed by atoms with van der Waals surface area (Å²) >= 11 is 0. The van der Waals surface area contributed by atoms with Crippen molar-refractivity contribution in [1.29, 1.82) is 0 Å². The van der Waals surface area contributed by atoms with Crippen LogP contribution in [0.3, 0.4) is 0 Å². The molecule has 0 amide bonds. The second-order valence-electron chi connectivity index (χ2n) is 4.74. The fourth-order valence-electron chi connectivity index (χ4n) is 2.10. The number of benzene rings is 2. The molecule has 0 spiro atoms. The maximum atomic E-state index is 5.67. The van der Waals surface area contributed by atoms with E-state index < -0.39 is 0 Å². The van der Waals surface area contributed by atoms with E-state index in [2.05, 4.69) is 25.1 Å². The quantitative estimate of drug-likeness (QED) is 0.652. The minimum Gasteiger partial charge on any atom is -0.494 e. The summed E-state index contributed by atoms with van der Waals surface area (Å²) < 4.78 is 5.67. The standard InChI is InChI=1S/C18H21O/c1-16-10-7-8-12-17(16)11-4-3-9-15-19-18-13-5-2-6-14-18/h2,5-8,10,12-14H,1,3-4,9,11,15H2. The van der Waals surface area contributed by atoms with Gasteiger partial charge in [-0.2, -0.15) is 0 Å². The maximum Gasteiger partial charge on any atom is 0.119 e. The van der Waals surface area contributed by atoms with Gasteiger partial charge in [-0.15, -0.1) is 0 Å². The normalized spacial score (nSPS) is 10.4. The number of rotatable bonds is 7. The van der Waals surface area contributed by atoms with Gasteiger partial charge in [-0.25, -0.2) is 0 Å². The molecule has 2 aromatic rings. The van der Waals surface area contributed by atoms with E-state index in [1.165, 1.54) is 18.4 Å². The zero-order valence-electron chi connectivity index (χ0n) is 11.3. The second kappa shape index (κ2) is 7.63. The Hall–Kier alpha value is -1.76. The molecule has 2 rings (SSSR count). The highest BCUT2D eigenvalue weighted by atomic mass is 16.5. The van der Waals surface area contributed by atoms with Crippen molar-refractivity contribution < 1.29 is 4.74 Å². The third-order valence-corrected chi connectivity index (χ3v) is 3.22. The first kappa shape index (κ1) is 13.7. The Bertz CT molecular complexity index is 476. The van der Waals surface area contributed by atoms with Gasteiger partial charge in [0.25, 0.3) is 0 Å². The summed E-state index contributed by atoms with van der Waals surface area (Å²) in [5.74, 6) is 0.964. The molecule has 0 saturated carbocycles. The van der Waals surface area contributed by atoms with Crippen LogP contribution in [0.5, 0.6) is 5.75 Å². The predicted octanol–water partition coefficient (Wildman–Crippen LogP) is 4.66. The van der Waals surface area contributed by atoms with Crippen molar-refractivity contribution in [2.24, 2.45) is 0 Å². The fourth-order valence-corrected chi connectivity index (χ4v) is 2.10. The van der Waals surface area contributed by atoms with E-state index in [-0.39, 0.29) is 0 Å². The molecule has 0 aliphatic heterocycles. The molecular formula is C18H21O. The Morgan fingerprint density at radius 3 is 2.32 bits per heavy atom. The van der Waals surface area contributed by atoms with Gasteiger partial charge >= 0.3 is 0 Å². The molecule has 0 atom stereocenters. The van der Waals surface area contributed by atoms with Crippen molar-refractivity contribution in [3.63, 3.8) is 0 Å². The minimum absolute atomic E-state index is 0.802. The summed E-state index contributed by atoms with van der Waals surface area (Å²) in [4.78, 5) is 0. The molecule has 0 saturated heterocycles. The molecule has 0 bridgehead atoms. The smallest absolute Gasteiger partial charge is 0.119 e. The first-order valence-electron chi connectivity index (χ1n) is 6.94. The Morgan fingerprint density at radius 1 is 0.789 bits per heavy atom. The highest BCUT2D eigenvalue weighted by molar-refractivity contribution is 5.29. The molecular weight excluding hydrogens is 232 g/mol. The molecule has 0 aromatic heterocycles. The van der Waals surface area contributed by atoms with Crippen molar-refractivity contribution in [1.82, 2.24) is 0 Å². The van der Waals surface area contributed by atoms with Crippen LogP contribution in [0.25, 0.3) is 0 Å². The molecule has 0 fully saturated rings. The number of hydrogen-bond acceptors (Lipinski definition) is 1. The zero-order chi connectivity index (χ0) is 13.3. The first-order valence-corrected chi connectivity index (χ1v) is 6.94. The van der Waals surface area contributed by atoms with E-state index in [1.54, 1.807) is 0 Å². The van der Waals surface area contributed by atoms with Gasteiger partial charge in [-0.3, -0.25) is 0 Å². The number of ether oxygens (including phenoxy) is 1. The average Bonchev–Trinajstić information content (AvgIpc) is 2.45. The summed E-state index contributed by atoms with van der Waals surface area (Å²) in [6.07, 6.45) is 4.62. The molecule has 2 aromatic carbocycles. The van der Waals surface area contributed by atoms with E-state index in [4.69, 9.17) is 4.74 Å². The van der Waals surface area contributed by atoms with E-state index in [0.29, 0.717) is 0 Å². The lowest BCUT2D eigenvalue weighted by Crippen LogP contribution is -1.97. The summed E-state index contributed by atoms with van der Waals surface area (Å²) in [7, 11) is 0. The third-order valence-electron chi connectivity index (χ3n) is 3.22. The van der Waals surface area contributed by atoms with Gasteiger partial charge < -0.3 is 4.74 Å². The van der Waals surface area contributed by atoms with E-state index in [1.807, 2.05) is 36.4 Å². The Morgan fingerprint density at radius 2 is 1.53 bits per heavy atom. The molecule has 0 aliphatic rings. The molecule has 1 radical (unpaired) electrons. The minimum atomic E-state index is 0.802. The fraction of sp³-hybridized carbons (Fsp3) is 0.278. The van der Waals surface area contributed by atoms with Crippen molar-refractivity contribution in [2.45, 2.75) is 25.7 Å². The lowest BCUT2D eigenvalue weighted by molar-refractivity contribution is 0.305. The van der Waals surface area contributed by atoms with Gasteiger partial charge in [0.15, 0.2) is 0 Å². The zero-order valence-corrected chi connectivity index (χ0v) is 11.3. The Kier molecular flexibility index (Phi) is 5.49. The Balaban J connectivity index is 1.59. The second-order valence-corrected chi connectivity index (χ2v) is 4.74. The molecule has 0 aliphatic carbocycles. The molecule has 1 heteroatoms. The largest absolute Gasteiger partial charge is 0.494 e. The average molecular weight is 253 g/mol. The van der Waals surface area contributed by atoms with E-state index in [0.717, 1.165) is 30.8 Å². The lowest BCUT2D eigenvalue weighted by Gasteiger charge is -2.07. The first-order chi connectivity index (χ1) is 9.36. The summed E-state index contributed by atoms with van der Waals surface area (Å²) in [6.45, 7) is 4.85. The van der Waals surface area contributed by atoms with Crippen LogP contribution in [0.4, 0.5) is 0 Å².